The molecule has 1 heterocycles. The molecule has 0 amide bonds. The molecule has 0 saturated carbocycles. The molecule has 1 aliphatic rings. The van der Waals surface area contributed by atoms with Gasteiger partial charge in [0.25, 0.3) is 0 Å². The smallest absolute Gasteiger partial charge is 0.0658 e. The molecule has 3 heteroatoms. The van der Waals surface area contributed by atoms with Gasteiger partial charge in [-0.3, -0.25) is 10.2 Å². The van der Waals surface area contributed by atoms with Crippen molar-refractivity contribution >= 4 is 5.69 Å². The van der Waals surface area contributed by atoms with Gasteiger partial charge in [0.05, 0.1) is 5.66 Å². The van der Waals surface area contributed by atoms with Crippen LogP contribution in [-0.2, 0) is 6.54 Å². The third kappa shape index (κ3) is 4.86. The summed E-state index contributed by atoms with van der Waals surface area (Å²) in [5, 5.41) is 3.49. The molecule has 3 nitrogen and oxygen atoms in total. The standard InChI is InChI=1S/C12H18N2.C7H9N/c1-12(2)13-8-9-14(12)10-11-6-4-3-5-7-11;1-6-2-4-7(8)5-3-6/h3-7,13H,8-10H2,1-2H3;2-5H,8H2,1H3. The second-order valence-electron chi connectivity index (χ2n) is 6.30. The lowest BCUT2D eigenvalue weighted by Crippen LogP contribution is -2.45. The van der Waals surface area contributed by atoms with E-state index in [4.69, 9.17) is 5.73 Å². The average molecular weight is 297 g/mol. The summed E-state index contributed by atoms with van der Waals surface area (Å²) in [5.74, 6) is 0. The second kappa shape index (κ2) is 7.43. The van der Waals surface area contributed by atoms with E-state index >= 15 is 0 Å². The number of nitrogens with two attached hydrogens (primary N) is 1. The van der Waals surface area contributed by atoms with Crippen molar-refractivity contribution in [2.75, 3.05) is 18.8 Å². The minimum Gasteiger partial charge on any atom is -0.399 e. The van der Waals surface area contributed by atoms with Gasteiger partial charge in [-0.2, -0.15) is 0 Å². The van der Waals surface area contributed by atoms with Crippen LogP contribution < -0.4 is 11.1 Å². The topological polar surface area (TPSA) is 41.3 Å². The van der Waals surface area contributed by atoms with Gasteiger partial charge >= 0.3 is 0 Å². The van der Waals surface area contributed by atoms with E-state index in [0.29, 0.717) is 0 Å². The van der Waals surface area contributed by atoms with Crippen LogP contribution in [0.3, 0.4) is 0 Å². The first-order valence-electron chi connectivity index (χ1n) is 7.83. The third-order valence-electron chi connectivity index (χ3n) is 4.02. The zero-order chi connectivity index (χ0) is 16.0. The van der Waals surface area contributed by atoms with E-state index in [9.17, 15) is 0 Å². The zero-order valence-corrected chi connectivity index (χ0v) is 13.8. The van der Waals surface area contributed by atoms with Gasteiger partial charge in [0.1, 0.15) is 0 Å². The molecular weight excluding hydrogens is 270 g/mol. The average Bonchev–Trinajstić information content (AvgIpc) is 2.83. The van der Waals surface area contributed by atoms with Crippen LogP contribution in [0, 0.1) is 6.92 Å². The Balaban J connectivity index is 0.000000188. The summed E-state index contributed by atoms with van der Waals surface area (Å²) in [4.78, 5) is 2.47. The van der Waals surface area contributed by atoms with Crippen LogP contribution >= 0.6 is 0 Å². The Morgan fingerprint density at radius 3 is 2.18 bits per heavy atom. The highest BCUT2D eigenvalue weighted by molar-refractivity contribution is 5.38. The molecule has 2 aromatic rings. The molecule has 1 fully saturated rings. The maximum atomic E-state index is 5.43. The predicted octanol–water partition coefficient (Wildman–Crippen LogP) is 3.41. The summed E-state index contributed by atoms with van der Waals surface area (Å²) in [6, 6.07) is 18.4. The number of nitrogens with one attached hydrogen (secondary N) is 1. The normalized spacial score (nSPS) is 16.9. The van der Waals surface area contributed by atoms with E-state index < -0.39 is 0 Å². The Bertz CT molecular complexity index is 540. The Kier molecular flexibility index (Phi) is 5.58. The van der Waals surface area contributed by atoms with Crippen LogP contribution in [0.2, 0.25) is 0 Å². The molecule has 0 unspecified atom stereocenters. The van der Waals surface area contributed by atoms with Crippen molar-refractivity contribution in [2.45, 2.75) is 33.0 Å². The molecule has 1 aliphatic heterocycles. The fraction of sp³-hybridized carbons (Fsp3) is 0.368. The highest BCUT2D eigenvalue weighted by atomic mass is 15.4. The van der Waals surface area contributed by atoms with Crippen molar-refractivity contribution in [1.29, 1.82) is 0 Å². The van der Waals surface area contributed by atoms with Crippen molar-refractivity contribution in [3.8, 4) is 0 Å². The quantitative estimate of drug-likeness (QED) is 0.835. The minimum absolute atomic E-state index is 0.149. The van der Waals surface area contributed by atoms with Crippen molar-refractivity contribution in [3.05, 3.63) is 65.7 Å². The van der Waals surface area contributed by atoms with Crippen molar-refractivity contribution in [3.63, 3.8) is 0 Å². The molecule has 0 spiro atoms. The van der Waals surface area contributed by atoms with Crippen molar-refractivity contribution < 1.29 is 0 Å². The molecule has 0 radical (unpaired) electrons. The second-order valence-corrected chi connectivity index (χ2v) is 6.30. The first-order valence-corrected chi connectivity index (χ1v) is 7.83. The number of benzene rings is 2. The first kappa shape index (κ1) is 16.5. The zero-order valence-electron chi connectivity index (χ0n) is 13.8. The summed E-state index contributed by atoms with van der Waals surface area (Å²) >= 11 is 0. The lowest BCUT2D eigenvalue weighted by Gasteiger charge is -2.31. The molecule has 1 saturated heterocycles. The molecular formula is C19H27N3. The highest BCUT2D eigenvalue weighted by Crippen LogP contribution is 2.18. The molecule has 3 N–H and O–H groups in total. The van der Waals surface area contributed by atoms with Crippen LogP contribution in [0.25, 0.3) is 0 Å². The molecule has 22 heavy (non-hydrogen) atoms. The molecule has 118 valence electrons. The minimum atomic E-state index is 0.149. The van der Waals surface area contributed by atoms with E-state index in [0.717, 1.165) is 25.3 Å². The summed E-state index contributed by atoms with van der Waals surface area (Å²) in [6.07, 6.45) is 0. The lowest BCUT2D eigenvalue weighted by atomic mass is 10.1. The van der Waals surface area contributed by atoms with Crippen LogP contribution in [-0.4, -0.2) is 23.7 Å². The Labute approximate surface area is 134 Å². The van der Waals surface area contributed by atoms with Crippen molar-refractivity contribution in [1.82, 2.24) is 10.2 Å². The Morgan fingerprint density at radius 1 is 1.05 bits per heavy atom. The van der Waals surface area contributed by atoms with E-state index in [2.05, 4.69) is 54.4 Å². The van der Waals surface area contributed by atoms with E-state index in [-0.39, 0.29) is 5.66 Å². The van der Waals surface area contributed by atoms with E-state index in [1.165, 1.54) is 11.1 Å². The highest BCUT2D eigenvalue weighted by Gasteiger charge is 2.30. The lowest BCUT2D eigenvalue weighted by molar-refractivity contribution is 0.149. The van der Waals surface area contributed by atoms with Gasteiger partial charge in [-0.15, -0.1) is 0 Å². The van der Waals surface area contributed by atoms with Gasteiger partial charge < -0.3 is 5.73 Å². The third-order valence-corrected chi connectivity index (χ3v) is 4.02. The Hall–Kier alpha value is -1.84. The summed E-state index contributed by atoms with van der Waals surface area (Å²) < 4.78 is 0. The van der Waals surface area contributed by atoms with Crippen LogP contribution in [0.15, 0.2) is 54.6 Å². The maximum Gasteiger partial charge on any atom is 0.0658 e. The predicted molar refractivity (Wildman–Crippen MR) is 94.5 cm³/mol. The van der Waals surface area contributed by atoms with Gasteiger partial charge in [0.2, 0.25) is 0 Å². The molecule has 2 aromatic carbocycles. The fourth-order valence-electron chi connectivity index (χ4n) is 2.54. The van der Waals surface area contributed by atoms with Crippen molar-refractivity contribution in [2.24, 2.45) is 0 Å². The largest absolute Gasteiger partial charge is 0.399 e. The summed E-state index contributed by atoms with van der Waals surface area (Å²) in [5.41, 5.74) is 9.05. The fourth-order valence-corrected chi connectivity index (χ4v) is 2.54. The molecule has 0 aliphatic carbocycles. The summed E-state index contributed by atoms with van der Waals surface area (Å²) in [7, 11) is 0. The van der Waals surface area contributed by atoms with Gasteiger partial charge in [-0.05, 0) is 38.5 Å². The SMILES string of the molecule is CC1(C)NCCN1Cc1ccccc1.Cc1ccc(N)cc1. The van der Waals surface area contributed by atoms with Gasteiger partial charge in [0, 0.05) is 25.3 Å². The molecule has 0 atom stereocenters. The number of aryl methyl sites for hydroxylation is 1. The van der Waals surface area contributed by atoms with Gasteiger partial charge in [-0.1, -0.05) is 48.0 Å². The van der Waals surface area contributed by atoms with Crippen LogP contribution in [0.5, 0.6) is 0 Å². The number of hydrogen-bond acceptors (Lipinski definition) is 3. The molecule has 0 bridgehead atoms. The maximum absolute atomic E-state index is 5.43. The first-order chi connectivity index (χ1) is 10.5. The van der Waals surface area contributed by atoms with E-state index in [1.54, 1.807) is 0 Å². The monoisotopic (exact) mass is 297 g/mol. The molecule has 0 aromatic heterocycles. The van der Waals surface area contributed by atoms with E-state index in [1.807, 2.05) is 31.2 Å². The van der Waals surface area contributed by atoms with Crippen LogP contribution in [0.4, 0.5) is 5.69 Å². The Morgan fingerprint density at radius 2 is 1.68 bits per heavy atom. The van der Waals surface area contributed by atoms with Gasteiger partial charge in [0.15, 0.2) is 0 Å². The van der Waals surface area contributed by atoms with Gasteiger partial charge in [-0.25, -0.2) is 0 Å². The molecule has 3 rings (SSSR count). The number of nitrogens with zero attached hydrogens (tertiary/aromatic N) is 1. The number of nitrogen functional groups attached to an aromatic ring is 1. The number of hydrogen-bond donors (Lipinski definition) is 2. The number of rotatable bonds is 2. The number of anilines is 1. The van der Waals surface area contributed by atoms with Crippen LogP contribution in [0.1, 0.15) is 25.0 Å². The summed E-state index contributed by atoms with van der Waals surface area (Å²) in [6.45, 7) is 9.80.